The van der Waals surface area contributed by atoms with Gasteiger partial charge in [0.15, 0.2) is 17.4 Å². The lowest BCUT2D eigenvalue weighted by molar-refractivity contribution is -0.134. The lowest BCUT2D eigenvalue weighted by Gasteiger charge is -2.44. The maximum Gasteiger partial charge on any atom is 0.226 e. The number of fused-ring (bicyclic) bond motifs is 3. The van der Waals surface area contributed by atoms with E-state index >= 15 is 0 Å². The van der Waals surface area contributed by atoms with E-state index in [4.69, 9.17) is 4.74 Å². The largest absolute Gasteiger partial charge is 0.485 e. The number of rotatable bonds is 2. The Morgan fingerprint density at radius 2 is 1.77 bits per heavy atom. The maximum absolute atomic E-state index is 13.4. The number of benzene rings is 3. The molecule has 0 unspecified atom stereocenters. The molecule has 31 heavy (non-hydrogen) atoms. The molecule has 2 aliphatic rings. The zero-order valence-corrected chi connectivity index (χ0v) is 16.9. The minimum Gasteiger partial charge on any atom is -0.485 e. The van der Waals surface area contributed by atoms with E-state index in [0.717, 1.165) is 22.9 Å². The first-order chi connectivity index (χ1) is 14.9. The first-order valence-corrected chi connectivity index (χ1v) is 10.4. The van der Waals surface area contributed by atoms with Gasteiger partial charge in [-0.2, -0.15) is 0 Å². The number of likely N-dealkylation sites (tertiary alicyclic amines) is 1. The van der Waals surface area contributed by atoms with E-state index in [2.05, 4.69) is 0 Å². The van der Waals surface area contributed by atoms with Gasteiger partial charge in [-0.05, 0) is 29.1 Å². The average Bonchev–Trinajstić information content (AvgIpc) is 2.76. The molecule has 0 aromatic heterocycles. The van der Waals surface area contributed by atoms with Crippen molar-refractivity contribution in [1.82, 2.24) is 4.90 Å². The van der Waals surface area contributed by atoms with Crippen LogP contribution in [0.5, 0.6) is 5.75 Å². The number of halogens is 2. The Morgan fingerprint density at radius 3 is 2.55 bits per heavy atom. The van der Waals surface area contributed by atoms with E-state index in [9.17, 15) is 18.4 Å². The lowest BCUT2D eigenvalue weighted by atomic mass is 9.81. The molecule has 3 aromatic rings. The Bertz CT molecular complexity index is 1200. The molecule has 5 rings (SSSR count). The Kier molecular flexibility index (Phi) is 4.73. The predicted molar refractivity (Wildman–Crippen MR) is 112 cm³/mol. The van der Waals surface area contributed by atoms with E-state index in [-0.39, 0.29) is 18.1 Å². The van der Waals surface area contributed by atoms with Gasteiger partial charge in [0.1, 0.15) is 11.4 Å². The number of carbonyl (C=O) groups excluding carboxylic acids is 2. The first-order valence-electron chi connectivity index (χ1n) is 10.4. The van der Waals surface area contributed by atoms with Gasteiger partial charge >= 0.3 is 0 Å². The summed E-state index contributed by atoms with van der Waals surface area (Å²) in [5, 5.41) is 1.94. The third kappa shape index (κ3) is 3.56. The van der Waals surface area contributed by atoms with Crippen LogP contribution in [0.1, 0.15) is 35.2 Å². The second-order valence-corrected chi connectivity index (χ2v) is 8.35. The molecule has 1 fully saturated rings. The van der Waals surface area contributed by atoms with Crippen molar-refractivity contribution in [3.05, 3.63) is 77.4 Å². The highest BCUT2D eigenvalue weighted by molar-refractivity contribution is 6.06. The molecule has 6 heteroatoms. The van der Waals surface area contributed by atoms with Crippen molar-refractivity contribution in [2.45, 2.75) is 31.3 Å². The van der Waals surface area contributed by atoms with Crippen LogP contribution in [0.2, 0.25) is 0 Å². The monoisotopic (exact) mass is 421 g/mol. The highest BCUT2D eigenvalue weighted by atomic mass is 19.2. The predicted octanol–water partition coefficient (Wildman–Crippen LogP) is 4.69. The van der Waals surface area contributed by atoms with Crippen molar-refractivity contribution in [3.8, 4) is 5.75 Å². The fourth-order valence-corrected chi connectivity index (χ4v) is 4.59. The molecular formula is C25H21F2NO3. The summed E-state index contributed by atoms with van der Waals surface area (Å²) in [6.45, 7) is 0.909. The fraction of sp³-hybridized carbons (Fsp3) is 0.280. The van der Waals surface area contributed by atoms with E-state index in [1.54, 1.807) is 4.90 Å². The van der Waals surface area contributed by atoms with E-state index in [0.29, 0.717) is 49.2 Å². The third-order valence-corrected chi connectivity index (χ3v) is 6.35. The molecule has 158 valence electrons. The summed E-state index contributed by atoms with van der Waals surface area (Å²) in [6, 6.07) is 15.1. The summed E-state index contributed by atoms with van der Waals surface area (Å²) in [4.78, 5) is 27.3. The van der Waals surface area contributed by atoms with Crippen LogP contribution < -0.4 is 4.74 Å². The van der Waals surface area contributed by atoms with Crippen LogP contribution in [0.15, 0.2) is 54.6 Å². The number of piperidine rings is 1. The smallest absolute Gasteiger partial charge is 0.226 e. The second-order valence-electron chi connectivity index (χ2n) is 8.35. The molecule has 1 saturated heterocycles. The number of hydrogen-bond donors (Lipinski definition) is 0. The normalized spacial score (nSPS) is 17.5. The molecule has 2 heterocycles. The number of amides is 1. The van der Waals surface area contributed by atoms with Gasteiger partial charge in [-0.3, -0.25) is 9.59 Å². The average molecular weight is 421 g/mol. The molecule has 0 saturated carbocycles. The van der Waals surface area contributed by atoms with Crippen LogP contribution in [0.3, 0.4) is 0 Å². The van der Waals surface area contributed by atoms with Crippen molar-refractivity contribution < 1.29 is 23.1 Å². The minimum absolute atomic E-state index is 0.0114. The molecule has 0 bridgehead atoms. The van der Waals surface area contributed by atoms with Crippen molar-refractivity contribution in [1.29, 1.82) is 0 Å². The van der Waals surface area contributed by atoms with Gasteiger partial charge in [0.05, 0.1) is 18.4 Å². The van der Waals surface area contributed by atoms with Crippen LogP contribution in [0, 0.1) is 11.6 Å². The Labute approximate surface area is 178 Å². The quantitative estimate of drug-likeness (QED) is 0.603. The van der Waals surface area contributed by atoms with Crippen molar-refractivity contribution in [2.24, 2.45) is 0 Å². The molecule has 0 aliphatic carbocycles. The topological polar surface area (TPSA) is 46.6 Å². The van der Waals surface area contributed by atoms with Gasteiger partial charge in [0.2, 0.25) is 5.91 Å². The number of nitrogens with zero attached hydrogens (tertiary/aromatic N) is 1. The highest BCUT2D eigenvalue weighted by Crippen LogP contribution is 2.42. The molecule has 3 aromatic carbocycles. The van der Waals surface area contributed by atoms with Crippen LogP contribution in [-0.2, 0) is 11.2 Å². The molecule has 0 atom stereocenters. The molecule has 1 amide bonds. The highest BCUT2D eigenvalue weighted by Gasteiger charge is 2.44. The van der Waals surface area contributed by atoms with E-state index in [1.165, 1.54) is 6.07 Å². The zero-order valence-electron chi connectivity index (χ0n) is 16.9. The molecular weight excluding hydrogens is 400 g/mol. The number of hydrogen-bond acceptors (Lipinski definition) is 3. The van der Waals surface area contributed by atoms with Crippen LogP contribution in [0.25, 0.3) is 10.8 Å². The summed E-state index contributed by atoms with van der Waals surface area (Å²) >= 11 is 0. The number of ether oxygens (including phenoxy) is 1. The SMILES string of the molecule is O=C1CC2(CCN(C(=O)Cc3ccc(F)c(F)c3)CC2)Oc2c1ccc1ccccc21. The van der Waals surface area contributed by atoms with Gasteiger partial charge < -0.3 is 9.64 Å². The summed E-state index contributed by atoms with van der Waals surface area (Å²) in [5.74, 6) is -1.33. The lowest BCUT2D eigenvalue weighted by Crippen LogP contribution is -2.52. The van der Waals surface area contributed by atoms with E-state index < -0.39 is 17.2 Å². The molecule has 0 N–H and O–H groups in total. The summed E-state index contributed by atoms with van der Waals surface area (Å²) in [6.07, 6.45) is 1.40. The van der Waals surface area contributed by atoms with Gasteiger partial charge in [0, 0.05) is 31.3 Å². The standard InChI is InChI=1S/C25H21F2NO3/c26-20-8-5-16(13-21(20)27)14-23(30)28-11-9-25(10-12-28)15-22(29)19-7-6-17-3-1-2-4-18(17)24(19)31-25/h1-8,13H,9-12,14-15H2. The number of carbonyl (C=O) groups is 2. The van der Waals surface area contributed by atoms with Crippen molar-refractivity contribution >= 4 is 22.5 Å². The first kappa shape index (κ1) is 19.7. The molecule has 1 spiro atoms. The van der Waals surface area contributed by atoms with Crippen LogP contribution in [-0.4, -0.2) is 35.3 Å². The van der Waals surface area contributed by atoms with Gasteiger partial charge in [0.25, 0.3) is 0 Å². The Morgan fingerprint density at radius 1 is 1.00 bits per heavy atom. The molecule has 0 radical (unpaired) electrons. The number of Topliss-reactive ketones (excluding diaryl/α,β-unsaturated/α-hetero) is 1. The number of ketones is 1. The van der Waals surface area contributed by atoms with Gasteiger partial charge in [-0.15, -0.1) is 0 Å². The van der Waals surface area contributed by atoms with Crippen LogP contribution in [0.4, 0.5) is 8.78 Å². The fourth-order valence-electron chi connectivity index (χ4n) is 4.59. The Balaban J connectivity index is 1.32. The van der Waals surface area contributed by atoms with Gasteiger partial charge in [-0.25, -0.2) is 8.78 Å². The van der Waals surface area contributed by atoms with Crippen molar-refractivity contribution in [3.63, 3.8) is 0 Å². The third-order valence-electron chi connectivity index (χ3n) is 6.35. The molecule has 2 aliphatic heterocycles. The van der Waals surface area contributed by atoms with Gasteiger partial charge in [-0.1, -0.05) is 36.4 Å². The summed E-state index contributed by atoms with van der Waals surface area (Å²) in [7, 11) is 0. The van der Waals surface area contributed by atoms with Crippen molar-refractivity contribution in [2.75, 3.05) is 13.1 Å². The summed E-state index contributed by atoms with van der Waals surface area (Å²) in [5.41, 5.74) is 0.433. The second kappa shape index (κ2) is 7.45. The minimum atomic E-state index is -0.956. The molecule has 4 nitrogen and oxygen atoms in total. The maximum atomic E-state index is 13.4. The van der Waals surface area contributed by atoms with E-state index in [1.807, 2.05) is 36.4 Å². The zero-order chi connectivity index (χ0) is 21.6. The summed E-state index contributed by atoms with van der Waals surface area (Å²) < 4.78 is 33.0. The Hall–Kier alpha value is -3.28. The van der Waals surface area contributed by atoms with Crippen LogP contribution >= 0.6 is 0 Å².